The summed E-state index contributed by atoms with van der Waals surface area (Å²) in [5, 5.41) is 11.1. The molecule has 0 saturated carbocycles. The van der Waals surface area contributed by atoms with E-state index in [1.165, 1.54) is 11.3 Å². The van der Waals surface area contributed by atoms with Crippen molar-refractivity contribution in [2.45, 2.75) is 0 Å². The number of fused-ring (bicyclic) bond motifs is 1. The summed E-state index contributed by atoms with van der Waals surface area (Å²) in [5.74, 6) is 0.676. The number of aromatic carboxylic acids is 1. The fraction of sp³-hybridized carbons (Fsp3) is 0.0870. The first-order valence-electron chi connectivity index (χ1n) is 9.48. The van der Waals surface area contributed by atoms with Crippen LogP contribution in [0.3, 0.4) is 0 Å². The molecule has 31 heavy (non-hydrogen) atoms. The van der Waals surface area contributed by atoms with Crippen molar-refractivity contribution in [1.29, 1.82) is 0 Å². The van der Waals surface area contributed by atoms with E-state index < -0.39 is 5.97 Å². The molecule has 0 bridgehead atoms. The van der Waals surface area contributed by atoms with Crippen LogP contribution >= 0.6 is 22.7 Å². The average Bonchev–Trinajstić information content (AvgIpc) is 3.46. The first-order chi connectivity index (χ1) is 15.2. The number of aromatic nitrogens is 2. The first-order valence-corrected chi connectivity index (χ1v) is 11.2. The van der Waals surface area contributed by atoms with Crippen molar-refractivity contribution in [3.8, 4) is 33.3 Å². The van der Waals surface area contributed by atoms with E-state index in [9.17, 15) is 4.79 Å². The van der Waals surface area contributed by atoms with Gasteiger partial charge < -0.3 is 14.6 Å². The lowest BCUT2D eigenvalue weighted by Gasteiger charge is -2.15. The van der Waals surface area contributed by atoms with Gasteiger partial charge in [0.05, 0.1) is 16.3 Å². The van der Waals surface area contributed by atoms with E-state index in [0.29, 0.717) is 18.1 Å². The smallest absolute Gasteiger partial charge is 0.345 e. The second-order valence-electron chi connectivity index (χ2n) is 6.70. The van der Waals surface area contributed by atoms with Gasteiger partial charge in [0.25, 0.3) is 0 Å². The highest BCUT2D eigenvalue weighted by Gasteiger charge is 2.16. The zero-order chi connectivity index (χ0) is 21.2. The second kappa shape index (κ2) is 8.33. The molecule has 4 aromatic rings. The molecule has 0 unspecified atom stereocenters. The summed E-state index contributed by atoms with van der Waals surface area (Å²) in [5.41, 5.74) is 3.36. The van der Waals surface area contributed by atoms with Crippen LogP contribution in [0, 0.1) is 0 Å². The molecule has 0 amide bonds. The fourth-order valence-corrected chi connectivity index (χ4v) is 4.86. The van der Waals surface area contributed by atoms with E-state index in [4.69, 9.17) is 14.6 Å². The van der Waals surface area contributed by atoms with Crippen LogP contribution in [0.5, 0.6) is 11.5 Å². The molecule has 5 heterocycles. The van der Waals surface area contributed by atoms with Gasteiger partial charge in [0, 0.05) is 22.7 Å². The Hall–Kier alpha value is -3.49. The van der Waals surface area contributed by atoms with Gasteiger partial charge in [-0.15, -0.1) is 22.7 Å². The highest BCUT2D eigenvalue weighted by molar-refractivity contribution is 7.17. The maximum absolute atomic E-state index is 11.2. The average molecular weight is 449 g/mol. The van der Waals surface area contributed by atoms with Crippen LogP contribution in [0.1, 0.15) is 20.1 Å². The van der Waals surface area contributed by atoms with Gasteiger partial charge in [-0.05, 0) is 53.6 Å². The van der Waals surface area contributed by atoms with Gasteiger partial charge in [0.15, 0.2) is 11.5 Å². The number of thiophene rings is 2. The van der Waals surface area contributed by atoms with Crippen LogP contribution in [0.4, 0.5) is 0 Å². The van der Waals surface area contributed by atoms with E-state index in [1.54, 1.807) is 29.8 Å². The van der Waals surface area contributed by atoms with Crippen molar-refractivity contribution in [2.75, 3.05) is 13.2 Å². The molecule has 0 aromatic carbocycles. The minimum Gasteiger partial charge on any atom is -0.485 e. The van der Waals surface area contributed by atoms with E-state index in [0.717, 1.165) is 43.8 Å². The molecule has 4 aromatic heterocycles. The van der Waals surface area contributed by atoms with Gasteiger partial charge in [-0.3, -0.25) is 9.97 Å². The zero-order valence-corrected chi connectivity index (χ0v) is 17.8. The summed E-state index contributed by atoms with van der Waals surface area (Å²) >= 11 is 2.82. The molecule has 5 rings (SSSR count). The Morgan fingerprint density at radius 1 is 1.00 bits per heavy atom. The van der Waals surface area contributed by atoms with Crippen molar-refractivity contribution >= 4 is 40.8 Å². The number of ether oxygens (including phenoxy) is 2. The molecule has 0 fully saturated rings. The number of pyridine rings is 2. The van der Waals surface area contributed by atoms with Crippen LogP contribution in [-0.4, -0.2) is 34.3 Å². The minimum absolute atomic E-state index is 0.309. The third-order valence-electron chi connectivity index (χ3n) is 4.66. The van der Waals surface area contributed by atoms with Crippen LogP contribution < -0.4 is 9.47 Å². The molecular weight excluding hydrogens is 432 g/mol. The van der Waals surface area contributed by atoms with Crippen molar-refractivity contribution < 1.29 is 19.4 Å². The number of hydrogen-bond acceptors (Lipinski definition) is 7. The lowest BCUT2D eigenvalue weighted by Crippen LogP contribution is -2.14. The van der Waals surface area contributed by atoms with Crippen molar-refractivity contribution in [2.24, 2.45) is 0 Å². The third kappa shape index (κ3) is 4.08. The Labute approximate surface area is 186 Å². The fourth-order valence-electron chi connectivity index (χ4n) is 3.19. The zero-order valence-electron chi connectivity index (χ0n) is 16.1. The Balaban J connectivity index is 1.41. The number of carboxylic acids is 1. The van der Waals surface area contributed by atoms with E-state index in [2.05, 4.69) is 9.97 Å². The summed E-state index contributed by atoms with van der Waals surface area (Å²) in [4.78, 5) is 22.3. The molecule has 1 aliphatic rings. The summed E-state index contributed by atoms with van der Waals surface area (Å²) in [7, 11) is 0. The van der Waals surface area contributed by atoms with Crippen LogP contribution in [0.2, 0.25) is 0 Å². The van der Waals surface area contributed by atoms with E-state index >= 15 is 0 Å². The number of carbonyl (C=O) groups is 1. The van der Waals surface area contributed by atoms with Crippen molar-refractivity contribution in [3.05, 3.63) is 69.5 Å². The van der Waals surface area contributed by atoms with Crippen LogP contribution in [-0.2, 0) is 0 Å². The molecule has 0 saturated heterocycles. The Morgan fingerprint density at radius 2 is 1.81 bits per heavy atom. The molecule has 1 aliphatic heterocycles. The maximum atomic E-state index is 11.2. The normalized spacial score (nSPS) is 12.9. The minimum atomic E-state index is -0.921. The molecule has 8 heteroatoms. The van der Waals surface area contributed by atoms with E-state index in [1.807, 2.05) is 47.9 Å². The van der Waals surface area contributed by atoms with Gasteiger partial charge in [-0.25, -0.2) is 4.79 Å². The van der Waals surface area contributed by atoms with Crippen LogP contribution in [0.25, 0.3) is 34.0 Å². The number of rotatable bonds is 5. The Bertz CT molecular complexity index is 1290. The SMILES string of the molecule is O=C(O)c1ccc(-c2ccnc(-c3cc(/C=C/c4scc5c4OCCO5)ccn3)c2)s1. The van der Waals surface area contributed by atoms with Crippen LogP contribution in [0.15, 0.2) is 54.2 Å². The Kier molecular flexibility index (Phi) is 5.23. The molecule has 0 radical (unpaired) electrons. The highest BCUT2D eigenvalue weighted by Crippen LogP contribution is 2.40. The topological polar surface area (TPSA) is 81.5 Å². The highest BCUT2D eigenvalue weighted by atomic mass is 32.1. The van der Waals surface area contributed by atoms with Gasteiger partial charge >= 0.3 is 5.97 Å². The largest absolute Gasteiger partial charge is 0.485 e. The number of hydrogen-bond donors (Lipinski definition) is 1. The van der Waals surface area contributed by atoms with Crippen molar-refractivity contribution in [1.82, 2.24) is 9.97 Å². The summed E-state index contributed by atoms with van der Waals surface area (Å²) in [6.07, 6.45) is 7.49. The quantitative estimate of drug-likeness (QED) is 0.430. The predicted octanol–water partition coefficient (Wildman–Crippen LogP) is 5.57. The molecular formula is C23H16N2O4S2. The first kappa shape index (κ1) is 19.5. The number of nitrogens with zero attached hydrogens (tertiary/aromatic N) is 2. The molecule has 0 spiro atoms. The lowest BCUT2D eigenvalue weighted by atomic mass is 10.1. The van der Waals surface area contributed by atoms with Crippen molar-refractivity contribution in [3.63, 3.8) is 0 Å². The lowest BCUT2D eigenvalue weighted by molar-refractivity contribution is 0.0702. The monoisotopic (exact) mass is 448 g/mol. The molecule has 1 N–H and O–H groups in total. The van der Waals surface area contributed by atoms with Gasteiger partial charge in [-0.2, -0.15) is 0 Å². The standard InChI is InChI=1S/C23H16N2O4S2/c26-23(27)21-4-3-19(31-21)15-6-8-25-17(12-15)16-11-14(5-7-24-16)1-2-20-22-18(13-30-20)28-9-10-29-22/h1-8,11-13H,9-10H2,(H,26,27)/b2-1+. The maximum Gasteiger partial charge on any atom is 0.345 e. The summed E-state index contributed by atoms with van der Waals surface area (Å²) < 4.78 is 11.3. The second-order valence-corrected chi connectivity index (χ2v) is 8.69. The molecule has 0 aliphatic carbocycles. The molecule has 154 valence electrons. The van der Waals surface area contributed by atoms with Gasteiger partial charge in [-0.1, -0.05) is 6.08 Å². The molecule has 0 atom stereocenters. The third-order valence-corrected chi connectivity index (χ3v) is 6.69. The number of carboxylic acid groups (broad SMARTS) is 1. The summed E-state index contributed by atoms with van der Waals surface area (Å²) in [6, 6.07) is 11.1. The van der Waals surface area contributed by atoms with Gasteiger partial charge in [0.2, 0.25) is 0 Å². The molecule has 6 nitrogen and oxygen atoms in total. The van der Waals surface area contributed by atoms with Gasteiger partial charge in [0.1, 0.15) is 18.1 Å². The predicted molar refractivity (Wildman–Crippen MR) is 122 cm³/mol. The summed E-state index contributed by atoms with van der Waals surface area (Å²) in [6.45, 7) is 1.14. The van der Waals surface area contributed by atoms with E-state index in [-0.39, 0.29) is 0 Å². The Morgan fingerprint density at radius 3 is 2.65 bits per heavy atom.